The SMILES string of the molecule is C=CCN(CC=C)C(/N=C1\C(=O)N(C)C(=O)N1c1ccccc1)C(Cl)(Cl)Cl. The summed E-state index contributed by atoms with van der Waals surface area (Å²) in [6, 6.07) is 8.14. The average molecular weight is 430 g/mol. The van der Waals surface area contributed by atoms with Crippen LogP contribution in [0.1, 0.15) is 0 Å². The first-order valence-corrected chi connectivity index (χ1v) is 9.13. The summed E-state index contributed by atoms with van der Waals surface area (Å²) in [7, 11) is 1.37. The molecule has 0 N–H and O–H groups in total. The van der Waals surface area contributed by atoms with E-state index >= 15 is 0 Å². The van der Waals surface area contributed by atoms with Crippen LogP contribution in [0.15, 0.2) is 60.6 Å². The Morgan fingerprint density at radius 3 is 2.19 bits per heavy atom. The van der Waals surface area contributed by atoms with Crippen LogP contribution in [-0.4, -0.2) is 57.7 Å². The van der Waals surface area contributed by atoms with Gasteiger partial charge in [-0.15, -0.1) is 13.2 Å². The highest BCUT2D eigenvalue weighted by molar-refractivity contribution is 6.68. The van der Waals surface area contributed by atoms with Gasteiger partial charge in [-0.1, -0.05) is 65.2 Å². The number of aliphatic imine (C=N–C) groups is 1. The van der Waals surface area contributed by atoms with Gasteiger partial charge in [0.15, 0.2) is 6.17 Å². The van der Waals surface area contributed by atoms with Crippen molar-refractivity contribution in [2.24, 2.45) is 4.99 Å². The third-order valence-corrected chi connectivity index (χ3v) is 4.40. The fraction of sp³-hybridized carbons (Fsp3) is 0.278. The van der Waals surface area contributed by atoms with Gasteiger partial charge in [-0.25, -0.2) is 14.7 Å². The summed E-state index contributed by atoms with van der Waals surface area (Å²) in [6.45, 7) is 8.05. The van der Waals surface area contributed by atoms with Crippen molar-refractivity contribution in [3.63, 3.8) is 0 Å². The predicted octanol–water partition coefficient (Wildman–Crippen LogP) is 3.85. The van der Waals surface area contributed by atoms with Crippen LogP contribution in [0.5, 0.6) is 0 Å². The zero-order chi connectivity index (χ0) is 20.2. The number of hydrogen-bond donors (Lipinski definition) is 0. The highest BCUT2D eigenvalue weighted by atomic mass is 35.6. The van der Waals surface area contributed by atoms with Gasteiger partial charge in [0.25, 0.3) is 5.91 Å². The maximum atomic E-state index is 12.6. The van der Waals surface area contributed by atoms with Gasteiger partial charge in [0, 0.05) is 20.1 Å². The molecule has 9 heteroatoms. The van der Waals surface area contributed by atoms with Crippen molar-refractivity contribution in [2.75, 3.05) is 25.0 Å². The number of para-hydroxylation sites is 1. The molecule has 0 bridgehead atoms. The summed E-state index contributed by atoms with van der Waals surface area (Å²) >= 11 is 18.4. The Hall–Kier alpha value is -1.86. The molecule has 1 unspecified atom stereocenters. The van der Waals surface area contributed by atoms with Crippen LogP contribution in [0.3, 0.4) is 0 Å². The minimum absolute atomic E-state index is 0.122. The quantitative estimate of drug-likeness (QED) is 0.376. The van der Waals surface area contributed by atoms with E-state index in [9.17, 15) is 9.59 Å². The van der Waals surface area contributed by atoms with Crippen LogP contribution in [-0.2, 0) is 4.79 Å². The molecular formula is C18H19Cl3N4O2. The van der Waals surface area contributed by atoms with Crippen LogP contribution < -0.4 is 4.90 Å². The Balaban J connectivity index is 2.57. The van der Waals surface area contributed by atoms with E-state index in [1.54, 1.807) is 47.4 Å². The number of carbonyl (C=O) groups is 2. The molecule has 0 aromatic heterocycles. The number of carbonyl (C=O) groups excluding carboxylic acids is 2. The lowest BCUT2D eigenvalue weighted by molar-refractivity contribution is -0.119. The van der Waals surface area contributed by atoms with Gasteiger partial charge in [-0.2, -0.15) is 0 Å². The molecule has 144 valence electrons. The Morgan fingerprint density at radius 2 is 1.70 bits per heavy atom. The van der Waals surface area contributed by atoms with Crippen molar-refractivity contribution in [1.29, 1.82) is 0 Å². The largest absolute Gasteiger partial charge is 0.337 e. The van der Waals surface area contributed by atoms with Crippen LogP contribution in [0, 0.1) is 0 Å². The number of amides is 3. The maximum absolute atomic E-state index is 12.6. The van der Waals surface area contributed by atoms with Crippen LogP contribution in [0.25, 0.3) is 0 Å². The van der Waals surface area contributed by atoms with E-state index in [1.165, 1.54) is 11.9 Å². The molecule has 3 amide bonds. The Labute approximate surface area is 173 Å². The van der Waals surface area contributed by atoms with Crippen molar-refractivity contribution in [1.82, 2.24) is 9.80 Å². The molecule has 6 nitrogen and oxygen atoms in total. The number of halogens is 3. The monoisotopic (exact) mass is 428 g/mol. The van der Waals surface area contributed by atoms with Crippen molar-refractivity contribution in [3.8, 4) is 0 Å². The van der Waals surface area contributed by atoms with E-state index in [0.29, 0.717) is 18.8 Å². The molecule has 1 aliphatic rings. The molecule has 0 saturated carbocycles. The molecular weight excluding hydrogens is 411 g/mol. The molecule has 1 fully saturated rings. The third-order valence-electron chi connectivity index (χ3n) is 3.81. The highest BCUT2D eigenvalue weighted by Crippen LogP contribution is 2.35. The minimum Gasteiger partial charge on any atom is -0.271 e. The van der Waals surface area contributed by atoms with E-state index < -0.39 is 21.9 Å². The molecule has 0 spiro atoms. The molecule has 0 radical (unpaired) electrons. The average Bonchev–Trinajstić information content (AvgIpc) is 2.83. The smallest absolute Gasteiger partial charge is 0.271 e. The first kappa shape index (κ1) is 21.4. The van der Waals surface area contributed by atoms with Crippen molar-refractivity contribution in [2.45, 2.75) is 9.96 Å². The van der Waals surface area contributed by atoms with Gasteiger partial charge in [0.2, 0.25) is 9.63 Å². The standard InChI is InChI=1S/C18H19Cl3N4O2/c1-4-11-24(12-5-2)16(18(19,20)21)22-14-15(26)23(3)17(27)25(14)13-9-7-6-8-10-13/h4-10,16H,1-2,11-12H2,3H3/b22-14+. The van der Waals surface area contributed by atoms with Gasteiger partial charge >= 0.3 is 6.03 Å². The van der Waals surface area contributed by atoms with Crippen molar-refractivity contribution >= 4 is 58.3 Å². The fourth-order valence-electron chi connectivity index (χ4n) is 2.58. The molecule has 0 aliphatic carbocycles. The third kappa shape index (κ3) is 4.71. The first-order valence-electron chi connectivity index (χ1n) is 8.00. The maximum Gasteiger partial charge on any atom is 0.337 e. The molecule has 1 atom stereocenters. The summed E-state index contributed by atoms with van der Waals surface area (Å²) in [5.74, 6) is -0.705. The molecule has 1 heterocycles. The lowest BCUT2D eigenvalue weighted by Gasteiger charge is -2.32. The van der Waals surface area contributed by atoms with Gasteiger partial charge in [-0.3, -0.25) is 14.6 Å². The Morgan fingerprint density at radius 1 is 1.15 bits per heavy atom. The molecule has 1 saturated heterocycles. The summed E-state index contributed by atoms with van der Waals surface area (Å²) < 4.78 is -1.86. The molecule has 1 aromatic carbocycles. The van der Waals surface area contributed by atoms with E-state index in [0.717, 1.165) is 4.90 Å². The Kier molecular flexibility index (Phi) is 7.06. The molecule has 27 heavy (non-hydrogen) atoms. The number of hydrogen-bond acceptors (Lipinski definition) is 4. The second-order valence-corrected chi connectivity index (χ2v) is 8.09. The molecule has 1 aliphatic heterocycles. The number of likely N-dealkylation sites (N-methyl/N-ethyl adjacent to an activating group) is 1. The topological polar surface area (TPSA) is 56.2 Å². The normalized spacial score (nSPS) is 17.7. The van der Waals surface area contributed by atoms with Gasteiger partial charge in [0.05, 0.1) is 5.69 Å². The van der Waals surface area contributed by atoms with E-state index in [-0.39, 0.29) is 5.84 Å². The molecule has 2 rings (SSSR count). The minimum atomic E-state index is -1.86. The highest BCUT2D eigenvalue weighted by Gasteiger charge is 2.44. The van der Waals surface area contributed by atoms with E-state index in [4.69, 9.17) is 34.8 Å². The number of amidine groups is 1. The number of imide groups is 1. The van der Waals surface area contributed by atoms with E-state index in [1.807, 2.05) is 0 Å². The van der Waals surface area contributed by atoms with Crippen molar-refractivity contribution < 1.29 is 9.59 Å². The summed E-state index contributed by atoms with van der Waals surface area (Å²) in [6.07, 6.45) is 2.20. The Bertz CT molecular complexity index is 752. The number of nitrogens with zero attached hydrogens (tertiary/aromatic N) is 4. The van der Waals surface area contributed by atoms with Gasteiger partial charge < -0.3 is 0 Å². The number of alkyl halides is 3. The van der Waals surface area contributed by atoms with Gasteiger partial charge in [-0.05, 0) is 12.1 Å². The van der Waals surface area contributed by atoms with Crippen LogP contribution in [0.2, 0.25) is 0 Å². The van der Waals surface area contributed by atoms with Crippen molar-refractivity contribution in [3.05, 3.63) is 55.6 Å². The number of urea groups is 1. The van der Waals surface area contributed by atoms with Crippen LogP contribution >= 0.6 is 34.8 Å². The van der Waals surface area contributed by atoms with E-state index in [2.05, 4.69) is 18.2 Å². The summed E-state index contributed by atoms with van der Waals surface area (Å²) in [4.78, 5) is 33.5. The predicted molar refractivity (Wildman–Crippen MR) is 111 cm³/mol. The summed E-state index contributed by atoms with van der Waals surface area (Å²) in [5, 5.41) is 0. The molecule has 1 aromatic rings. The number of anilines is 1. The second-order valence-electron chi connectivity index (χ2n) is 5.72. The van der Waals surface area contributed by atoms with Gasteiger partial charge in [0.1, 0.15) is 0 Å². The zero-order valence-corrected chi connectivity index (χ0v) is 17.0. The lowest BCUT2D eigenvalue weighted by Crippen LogP contribution is -2.45. The lowest BCUT2D eigenvalue weighted by atomic mass is 10.3. The first-order chi connectivity index (χ1) is 12.7. The second kappa shape index (κ2) is 8.89. The number of rotatable bonds is 7. The van der Waals surface area contributed by atoms with Crippen LogP contribution in [0.4, 0.5) is 10.5 Å². The fourth-order valence-corrected chi connectivity index (χ4v) is 3.14. The number of benzene rings is 1. The zero-order valence-electron chi connectivity index (χ0n) is 14.7. The summed E-state index contributed by atoms with van der Waals surface area (Å²) in [5.41, 5.74) is 0.487.